The minimum atomic E-state index is -1.43. The van der Waals surface area contributed by atoms with Gasteiger partial charge in [0.25, 0.3) is 0 Å². The molecule has 0 aliphatic carbocycles. The first-order valence-corrected chi connectivity index (χ1v) is 4.86. The van der Waals surface area contributed by atoms with Gasteiger partial charge in [-0.3, -0.25) is 0 Å². The van der Waals surface area contributed by atoms with Crippen LogP contribution in [0.5, 0.6) is 5.75 Å². The molecule has 0 atom stereocenters. The van der Waals surface area contributed by atoms with E-state index in [1.165, 1.54) is 0 Å². The van der Waals surface area contributed by atoms with Crippen LogP contribution in [0.4, 0.5) is 8.78 Å². The van der Waals surface area contributed by atoms with E-state index in [9.17, 15) is 18.7 Å². The molecule has 2 aromatic rings. The zero-order valence-corrected chi connectivity index (χ0v) is 9.20. The number of hydrogen-bond donors (Lipinski definition) is 2. The molecule has 0 aliphatic rings. The van der Waals surface area contributed by atoms with Gasteiger partial charge < -0.3 is 14.7 Å². The maximum atomic E-state index is 13.7. The number of carboxylic acid groups (broad SMARTS) is 1. The predicted octanol–water partition coefficient (Wildman–Crippen LogP) is 2.68. The number of hydrogen-bond acceptors (Lipinski definition) is 4. The van der Waals surface area contributed by atoms with E-state index >= 15 is 0 Å². The number of aromatic carboxylic acids is 1. The lowest BCUT2D eigenvalue weighted by atomic mass is 10.1. The largest absolute Gasteiger partial charge is 0.504 e. The van der Waals surface area contributed by atoms with Gasteiger partial charge in [-0.1, -0.05) is 16.8 Å². The number of phenols is 1. The Labute approximate surface area is 103 Å². The first-order valence-electron chi connectivity index (χ1n) is 4.48. The van der Waals surface area contributed by atoms with Crippen molar-refractivity contribution in [3.05, 3.63) is 34.6 Å². The molecule has 0 saturated carbocycles. The number of rotatable bonds is 2. The molecule has 1 aromatic heterocycles. The van der Waals surface area contributed by atoms with Crippen molar-refractivity contribution in [2.45, 2.75) is 0 Å². The molecule has 0 unspecified atom stereocenters. The zero-order valence-electron chi connectivity index (χ0n) is 8.45. The molecular weight excluding hydrogens is 272 g/mol. The Morgan fingerprint density at radius 1 is 1.39 bits per heavy atom. The molecule has 0 saturated heterocycles. The number of benzene rings is 1. The van der Waals surface area contributed by atoms with Gasteiger partial charge in [-0.15, -0.1) is 0 Å². The summed E-state index contributed by atoms with van der Waals surface area (Å²) in [6.45, 7) is 0. The van der Waals surface area contributed by atoms with E-state index in [1.54, 1.807) is 0 Å². The number of aromatic nitrogens is 1. The van der Waals surface area contributed by atoms with Crippen molar-refractivity contribution in [3.63, 3.8) is 0 Å². The summed E-state index contributed by atoms with van der Waals surface area (Å²) in [5.41, 5.74) is -1.03. The van der Waals surface area contributed by atoms with Crippen molar-refractivity contribution in [1.82, 2.24) is 5.16 Å². The molecule has 0 fully saturated rings. The van der Waals surface area contributed by atoms with Crippen LogP contribution in [0.1, 0.15) is 10.6 Å². The quantitative estimate of drug-likeness (QED) is 0.823. The summed E-state index contributed by atoms with van der Waals surface area (Å²) in [5, 5.41) is 20.7. The molecule has 0 radical (unpaired) electrons. The Morgan fingerprint density at radius 2 is 2.06 bits per heavy atom. The molecule has 0 spiro atoms. The van der Waals surface area contributed by atoms with Crippen molar-refractivity contribution in [2.75, 3.05) is 0 Å². The van der Waals surface area contributed by atoms with E-state index in [4.69, 9.17) is 16.7 Å². The number of carboxylic acids is 1. The Kier molecular flexibility index (Phi) is 2.92. The molecular formula is C10H4ClF2NO4. The predicted molar refractivity (Wildman–Crippen MR) is 55.5 cm³/mol. The van der Waals surface area contributed by atoms with Crippen LogP contribution in [0.2, 0.25) is 5.02 Å². The lowest BCUT2D eigenvalue weighted by Gasteiger charge is -2.05. The van der Waals surface area contributed by atoms with Gasteiger partial charge in [0, 0.05) is 6.07 Å². The second-order valence-electron chi connectivity index (χ2n) is 3.26. The van der Waals surface area contributed by atoms with E-state index in [1.807, 2.05) is 0 Å². The minimum Gasteiger partial charge on any atom is -0.504 e. The minimum absolute atomic E-state index is 0.371. The van der Waals surface area contributed by atoms with Crippen molar-refractivity contribution in [3.8, 4) is 17.0 Å². The molecule has 8 heteroatoms. The highest BCUT2D eigenvalue weighted by atomic mass is 35.5. The van der Waals surface area contributed by atoms with Crippen molar-refractivity contribution >= 4 is 17.6 Å². The van der Waals surface area contributed by atoms with Gasteiger partial charge in [0.2, 0.25) is 5.76 Å². The smallest absolute Gasteiger partial charge is 0.374 e. The average Bonchev–Trinajstić information content (AvgIpc) is 2.76. The van der Waals surface area contributed by atoms with E-state index < -0.39 is 39.7 Å². The average molecular weight is 276 g/mol. The molecule has 2 rings (SSSR count). The lowest BCUT2D eigenvalue weighted by molar-refractivity contribution is 0.0652. The van der Waals surface area contributed by atoms with E-state index in [0.717, 1.165) is 6.07 Å². The Hall–Kier alpha value is -2.15. The Bertz CT molecular complexity index is 615. The van der Waals surface area contributed by atoms with Crippen LogP contribution in [0.15, 0.2) is 16.7 Å². The topological polar surface area (TPSA) is 83.6 Å². The molecule has 0 aliphatic heterocycles. The van der Waals surface area contributed by atoms with Gasteiger partial charge in [0.1, 0.15) is 5.69 Å². The zero-order chi connectivity index (χ0) is 13.4. The third-order valence-electron chi connectivity index (χ3n) is 2.12. The van der Waals surface area contributed by atoms with Crippen LogP contribution >= 0.6 is 11.6 Å². The molecule has 94 valence electrons. The summed E-state index contributed by atoms with van der Waals surface area (Å²) >= 11 is 5.41. The Balaban J connectivity index is 2.66. The second kappa shape index (κ2) is 4.26. The van der Waals surface area contributed by atoms with Crippen LogP contribution in [-0.4, -0.2) is 21.3 Å². The summed E-state index contributed by atoms with van der Waals surface area (Å²) in [6, 6.07) is 1.43. The number of aromatic hydroxyl groups is 1. The van der Waals surface area contributed by atoms with Gasteiger partial charge in [-0.25, -0.2) is 13.6 Å². The summed E-state index contributed by atoms with van der Waals surface area (Å²) in [4.78, 5) is 10.6. The van der Waals surface area contributed by atoms with Gasteiger partial charge in [-0.2, -0.15) is 0 Å². The summed E-state index contributed by atoms with van der Waals surface area (Å²) in [5.74, 6) is -5.32. The Morgan fingerprint density at radius 3 is 2.61 bits per heavy atom. The van der Waals surface area contributed by atoms with Crippen LogP contribution in [-0.2, 0) is 0 Å². The third kappa shape index (κ3) is 1.88. The van der Waals surface area contributed by atoms with E-state index in [0.29, 0.717) is 6.07 Å². The van der Waals surface area contributed by atoms with Crippen LogP contribution in [0, 0.1) is 11.6 Å². The molecule has 5 nitrogen and oxygen atoms in total. The third-order valence-corrected chi connectivity index (χ3v) is 2.40. The van der Waals surface area contributed by atoms with Crippen LogP contribution in [0.3, 0.4) is 0 Å². The first kappa shape index (κ1) is 12.3. The highest BCUT2D eigenvalue weighted by Crippen LogP contribution is 2.37. The number of halogens is 3. The number of nitrogens with zero attached hydrogens (tertiary/aromatic N) is 1. The second-order valence-corrected chi connectivity index (χ2v) is 3.67. The highest BCUT2D eigenvalue weighted by Gasteiger charge is 2.23. The highest BCUT2D eigenvalue weighted by molar-refractivity contribution is 6.31. The monoisotopic (exact) mass is 275 g/mol. The molecule has 0 amide bonds. The van der Waals surface area contributed by atoms with E-state index in [-0.39, 0.29) is 5.69 Å². The molecule has 2 N–H and O–H groups in total. The van der Waals surface area contributed by atoms with Gasteiger partial charge >= 0.3 is 5.97 Å². The summed E-state index contributed by atoms with van der Waals surface area (Å²) < 4.78 is 31.2. The molecule has 1 heterocycles. The lowest BCUT2D eigenvalue weighted by Crippen LogP contribution is -1.92. The molecule has 18 heavy (non-hydrogen) atoms. The summed E-state index contributed by atoms with van der Waals surface area (Å²) in [7, 11) is 0. The fraction of sp³-hybridized carbons (Fsp3) is 0. The van der Waals surface area contributed by atoms with Gasteiger partial charge in [0.15, 0.2) is 17.4 Å². The summed E-state index contributed by atoms with van der Waals surface area (Å²) in [6.07, 6.45) is 0. The first-order chi connectivity index (χ1) is 8.41. The molecule has 0 bridgehead atoms. The van der Waals surface area contributed by atoms with Crippen molar-refractivity contribution in [1.29, 1.82) is 0 Å². The maximum absolute atomic E-state index is 13.7. The maximum Gasteiger partial charge on any atom is 0.374 e. The fourth-order valence-electron chi connectivity index (χ4n) is 1.31. The van der Waals surface area contributed by atoms with Gasteiger partial charge in [-0.05, 0) is 6.07 Å². The van der Waals surface area contributed by atoms with Crippen LogP contribution in [0.25, 0.3) is 11.3 Å². The SMILES string of the molecule is O=C(O)c1cc(-c2c(O)c(F)cc(Cl)c2F)no1. The van der Waals surface area contributed by atoms with Gasteiger partial charge in [0.05, 0.1) is 10.6 Å². The van der Waals surface area contributed by atoms with E-state index in [2.05, 4.69) is 9.68 Å². The fourth-order valence-corrected chi connectivity index (χ4v) is 1.50. The molecule has 1 aromatic carbocycles. The van der Waals surface area contributed by atoms with Crippen molar-refractivity contribution in [2.24, 2.45) is 0 Å². The number of carbonyl (C=O) groups is 1. The normalized spacial score (nSPS) is 10.6. The van der Waals surface area contributed by atoms with Crippen molar-refractivity contribution < 1.29 is 28.3 Å². The van der Waals surface area contributed by atoms with Crippen LogP contribution < -0.4 is 0 Å². The standard InChI is InChI=1S/C10H4ClF2NO4/c11-3-1-4(12)9(15)7(8(3)13)5-2-6(10(16)17)18-14-5/h1-2,15H,(H,16,17). The number of phenolic OH excluding ortho intramolecular Hbond substituents is 1.